The van der Waals surface area contributed by atoms with Gasteiger partial charge in [0.2, 0.25) is 0 Å². The van der Waals surface area contributed by atoms with Gasteiger partial charge in [-0.25, -0.2) is 0 Å². The van der Waals surface area contributed by atoms with Crippen LogP contribution in [-0.4, -0.2) is 18.6 Å². The Bertz CT molecular complexity index is 738. The van der Waals surface area contributed by atoms with Crippen LogP contribution in [0.4, 0.5) is 0 Å². The molecule has 1 N–H and O–H groups in total. The molecule has 0 saturated carbocycles. The molecular weight excluding hydrogens is 286 g/mol. The zero-order valence-electron chi connectivity index (χ0n) is 13.2. The maximum absolute atomic E-state index is 12.6. The number of amides is 1. The molecule has 3 nitrogen and oxygen atoms in total. The van der Waals surface area contributed by atoms with Crippen molar-refractivity contribution in [1.82, 2.24) is 5.32 Å². The predicted octanol–water partition coefficient (Wildman–Crippen LogP) is 3.30. The molecule has 2 aromatic rings. The number of hydrogen-bond donors (Lipinski definition) is 1. The zero-order valence-corrected chi connectivity index (χ0v) is 13.2. The summed E-state index contributed by atoms with van der Waals surface area (Å²) >= 11 is 0. The Morgan fingerprint density at radius 2 is 1.91 bits per heavy atom. The minimum absolute atomic E-state index is 0.0316. The molecule has 2 aromatic carbocycles. The summed E-state index contributed by atoms with van der Waals surface area (Å²) in [6, 6.07) is 14.6. The molecule has 118 valence electrons. The van der Waals surface area contributed by atoms with Gasteiger partial charge in [0.1, 0.15) is 5.75 Å². The number of carbonyl (C=O) groups excluding carboxylic acids is 1. The second-order valence-electron chi connectivity index (χ2n) is 6.46. The van der Waals surface area contributed by atoms with E-state index in [9.17, 15) is 4.79 Å². The first-order valence-corrected chi connectivity index (χ1v) is 8.43. The fourth-order valence-electron chi connectivity index (χ4n) is 3.63. The van der Waals surface area contributed by atoms with Crippen LogP contribution in [0, 0.1) is 0 Å². The van der Waals surface area contributed by atoms with Gasteiger partial charge in [0.05, 0.1) is 6.61 Å². The van der Waals surface area contributed by atoms with E-state index >= 15 is 0 Å². The standard InChI is InChI=1S/C20H21NO2/c22-20(17-8-9-19-16(12-17)10-11-23-19)21-18-7-3-6-14-4-1-2-5-15(14)13-18/h1-2,4-5,8-9,12,18H,3,6-7,10-11,13H2,(H,21,22). The molecular formula is C20H21NO2. The smallest absolute Gasteiger partial charge is 0.251 e. The summed E-state index contributed by atoms with van der Waals surface area (Å²) in [7, 11) is 0. The van der Waals surface area contributed by atoms with Crippen molar-refractivity contribution in [3.63, 3.8) is 0 Å². The summed E-state index contributed by atoms with van der Waals surface area (Å²) in [5.74, 6) is 0.953. The number of carbonyl (C=O) groups is 1. The maximum atomic E-state index is 12.6. The van der Waals surface area contributed by atoms with Gasteiger partial charge in [-0.3, -0.25) is 4.79 Å². The van der Waals surface area contributed by atoms with Crippen LogP contribution in [0.3, 0.4) is 0 Å². The van der Waals surface area contributed by atoms with Crippen molar-refractivity contribution in [2.45, 2.75) is 38.1 Å². The van der Waals surface area contributed by atoms with Gasteiger partial charge in [-0.2, -0.15) is 0 Å². The minimum atomic E-state index is 0.0316. The molecule has 0 aromatic heterocycles. The van der Waals surface area contributed by atoms with Crippen molar-refractivity contribution in [1.29, 1.82) is 0 Å². The molecule has 0 saturated heterocycles. The SMILES string of the molecule is O=C(NC1CCCc2ccccc2C1)c1ccc2c(c1)CCO2. The van der Waals surface area contributed by atoms with Crippen LogP contribution in [0.5, 0.6) is 5.75 Å². The van der Waals surface area contributed by atoms with Gasteiger partial charge in [-0.15, -0.1) is 0 Å². The molecule has 0 fully saturated rings. The molecule has 0 bridgehead atoms. The lowest BCUT2D eigenvalue weighted by atomic mass is 10.0. The Morgan fingerprint density at radius 1 is 1.04 bits per heavy atom. The topological polar surface area (TPSA) is 38.3 Å². The number of nitrogens with one attached hydrogen (secondary N) is 1. The Hall–Kier alpha value is -2.29. The van der Waals surface area contributed by atoms with Crippen LogP contribution in [0.2, 0.25) is 0 Å². The van der Waals surface area contributed by atoms with Crippen molar-refractivity contribution < 1.29 is 9.53 Å². The fraction of sp³-hybridized carbons (Fsp3) is 0.350. The zero-order chi connectivity index (χ0) is 15.6. The van der Waals surface area contributed by atoms with Gasteiger partial charge in [-0.1, -0.05) is 24.3 Å². The van der Waals surface area contributed by atoms with Gasteiger partial charge in [0, 0.05) is 18.0 Å². The average molecular weight is 307 g/mol. The third-order valence-corrected chi connectivity index (χ3v) is 4.87. The first-order valence-electron chi connectivity index (χ1n) is 8.43. The Morgan fingerprint density at radius 3 is 2.83 bits per heavy atom. The monoisotopic (exact) mass is 307 g/mol. The van der Waals surface area contributed by atoms with E-state index in [0.29, 0.717) is 0 Å². The number of rotatable bonds is 2. The van der Waals surface area contributed by atoms with Gasteiger partial charge in [0.15, 0.2) is 0 Å². The quantitative estimate of drug-likeness (QED) is 0.865. The molecule has 1 aliphatic heterocycles. The summed E-state index contributed by atoms with van der Waals surface area (Å²) < 4.78 is 5.51. The van der Waals surface area contributed by atoms with Crippen LogP contribution in [0.15, 0.2) is 42.5 Å². The van der Waals surface area contributed by atoms with Crippen molar-refractivity contribution in [3.8, 4) is 5.75 Å². The van der Waals surface area contributed by atoms with E-state index in [-0.39, 0.29) is 11.9 Å². The summed E-state index contributed by atoms with van der Waals surface area (Å²) in [6.45, 7) is 0.722. The molecule has 0 spiro atoms. The van der Waals surface area contributed by atoms with Crippen molar-refractivity contribution in [2.24, 2.45) is 0 Å². The first kappa shape index (κ1) is 14.3. The van der Waals surface area contributed by atoms with E-state index in [2.05, 4.69) is 29.6 Å². The van der Waals surface area contributed by atoms with E-state index in [4.69, 9.17) is 4.74 Å². The lowest BCUT2D eigenvalue weighted by molar-refractivity contribution is 0.0935. The fourth-order valence-corrected chi connectivity index (χ4v) is 3.63. The molecule has 1 unspecified atom stereocenters. The summed E-state index contributed by atoms with van der Waals surface area (Å²) in [5, 5.41) is 3.23. The number of aryl methyl sites for hydroxylation is 1. The van der Waals surface area contributed by atoms with E-state index in [1.54, 1.807) is 0 Å². The van der Waals surface area contributed by atoms with Crippen molar-refractivity contribution in [2.75, 3.05) is 6.61 Å². The summed E-state index contributed by atoms with van der Waals surface area (Å²) in [6.07, 6.45) is 5.09. The number of hydrogen-bond acceptors (Lipinski definition) is 2. The lowest BCUT2D eigenvalue weighted by Crippen LogP contribution is -2.36. The van der Waals surface area contributed by atoms with Gasteiger partial charge in [-0.05, 0) is 60.6 Å². The molecule has 1 aliphatic carbocycles. The highest BCUT2D eigenvalue weighted by atomic mass is 16.5. The lowest BCUT2D eigenvalue weighted by Gasteiger charge is -2.17. The van der Waals surface area contributed by atoms with Crippen molar-refractivity contribution >= 4 is 5.91 Å². The van der Waals surface area contributed by atoms with Gasteiger partial charge < -0.3 is 10.1 Å². The number of benzene rings is 2. The van der Waals surface area contributed by atoms with Crippen LogP contribution in [-0.2, 0) is 19.3 Å². The predicted molar refractivity (Wildman–Crippen MR) is 90.0 cm³/mol. The highest BCUT2D eigenvalue weighted by Gasteiger charge is 2.20. The molecule has 1 amide bonds. The van der Waals surface area contributed by atoms with Gasteiger partial charge >= 0.3 is 0 Å². The van der Waals surface area contributed by atoms with E-state index < -0.39 is 0 Å². The third-order valence-electron chi connectivity index (χ3n) is 4.87. The average Bonchev–Trinajstić information content (AvgIpc) is 2.94. The molecule has 23 heavy (non-hydrogen) atoms. The third kappa shape index (κ3) is 2.96. The van der Waals surface area contributed by atoms with Crippen molar-refractivity contribution in [3.05, 3.63) is 64.7 Å². The Labute approximate surface area is 136 Å². The second-order valence-corrected chi connectivity index (χ2v) is 6.46. The summed E-state index contributed by atoms with van der Waals surface area (Å²) in [4.78, 5) is 12.6. The Kier molecular flexibility index (Phi) is 3.78. The molecule has 0 radical (unpaired) electrons. The maximum Gasteiger partial charge on any atom is 0.251 e. The van der Waals surface area contributed by atoms with Gasteiger partial charge in [0.25, 0.3) is 5.91 Å². The highest BCUT2D eigenvalue weighted by Crippen LogP contribution is 2.26. The molecule has 1 atom stereocenters. The van der Waals surface area contributed by atoms with Crippen LogP contribution >= 0.6 is 0 Å². The van der Waals surface area contributed by atoms with E-state index in [1.807, 2.05) is 18.2 Å². The van der Waals surface area contributed by atoms with Crippen LogP contribution in [0.1, 0.15) is 39.9 Å². The van der Waals surface area contributed by atoms with Crippen LogP contribution < -0.4 is 10.1 Å². The normalized spacial score (nSPS) is 19.2. The minimum Gasteiger partial charge on any atom is -0.493 e. The number of ether oxygens (including phenoxy) is 1. The molecule has 4 rings (SSSR count). The second kappa shape index (κ2) is 6.07. The molecule has 2 aliphatic rings. The van der Waals surface area contributed by atoms with Crippen LogP contribution in [0.25, 0.3) is 0 Å². The molecule has 3 heteroatoms. The summed E-state index contributed by atoms with van der Waals surface area (Å²) in [5.41, 5.74) is 4.69. The van der Waals surface area contributed by atoms with E-state index in [1.165, 1.54) is 11.1 Å². The largest absolute Gasteiger partial charge is 0.493 e. The molecule has 1 heterocycles. The highest BCUT2D eigenvalue weighted by molar-refractivity contribution is 5.94. The first-order chi connectivity index (χ1) is 11.3. The number of fused-ring (bicyclic) bond motifs is 2. The van der Waals surface area contributed by atoms with E-state index in [0.717, 1.165) is 55.6 Å². The Balaban J connectivity index is 1.48.